The summed E-state index contributed by atoms with van der Waals surface area (Å²) in [4.78, 5) is 38.4. The van der Waals surface area contributed by atoms with Gasteiger partial charge in [-0.2, -0.15) is 0 Å². The van der Waals surface area contributed by atoms with Crippen molar-refractivity contribution in [1.29, 1.82) is 0 Å². The zero-order valence-electron chi connectivity index (χ0n) is 50.4. The highest BCUT2D eigenvalue weighted by Gasteiger charge is 2.19. The van der Waals surface area contributed by atoms with Crippen molar-refractivity contribution in [3.63, 3.8) is 0 Å². The Hall–Kier alpha value is -1.85. The molecular weight excluding hydrogens is 913 g/mol. The van der Waals surface area contributed by atoms with Crippen LogP contribution in [-0.2, 0) is 28.6 Å². The van der Waals surface area contributed by atoms with Gasteiger partial charge in [-0.25, -0.2) is 0 Å². The molecule has 0 rings (SSSR count). The van der Waals surface area contributed by atoms with E-state index in [9.17, 15) is 14.4 Å². The maximum Gasteiger partial charge on any atom is 0.306 e. The van der Waals surface area contributed by atoms with Gasteiger partial charge in [0.2, 0.25) is 0 Å². The molecule has 0 aromatic carbocycles. The van der Waals surface area contributed by atoms with Crippen molar-refractivity contribution in [3.8, 4) is 0 Å². The van der Waals surface area contributed by atoms with Crippen molar-refractivity contribution < 1.29 is 28.6 Å². The summed E-state index contributed by atoms with van der Waals surface area (Å²) in [5.41, 5.74) is 0. The van der Waals surface area contributed by atoms with Crippen molar-refractivity contribution in [2.24, 2.45) is 0 Å². The summed E-state index contributed by atoms with van der Waals surface area (Å²) in [6.07, 6.45) is 75.1. The van der Waals surface area contributed by atoms with Crippen molar-refractivity contribution >= 4 is 17.9 Å². The van der Waals surface area contributed by atoms with Crippen LogP contribution in [0.5, 0.6) is 0 Å². The molecule has 0 amide bonds. The molecule has 1 unspecified atom stereocenters. The van der Waals surface area contributed by atoms with Crippen LogP contribution in [-0.4, -0.2) is 37.2 Å². The number of unbranched alkanes of at least 4 members (excludes halogenated alkanes) is 50. The molecule has 1 atom stereocenters. The van der Waals surface area contributed by atoms with Crippen LogP contribution in [0.15, 0.2) is 12.2 Å². The van der Waals surface area contributed by atoms with Gasteiger partial charge in [-0.05, 0) is 44.9 Å². The smallest absolute Gasteiger partial charge is 0.306 e. The number of hydrogen-bond donors (Lipinski definition) is 0. The molecule has 0 aliphatic carbocycles. The van der Waals surface area contributed by atoms with Crippen LogP contribution in [0.25, 0.3) is 0 Å². The van der Waals surface area contributed by atoms with E-state index < -0.39 is 6.10 Å². The van der Waals surface area contributed by atoms with Crippen LogP contribution >= 0.6 is 0 Å². The molecular formula is C68H130O6. The van der Waals surface area contributed by atoms with Gasteiger partial charge in [0, 0.05) is 19.3 Å². The monoisotopic (exact) mass is 1040 g/mol. The molecule has 438 valence electrons. The molecule has 6 heteroatoms. The Morgan fingerprint density at radius 2 is 0.446 bits per heavy atom. The standard InChI is InChI=1S/C68H130O6/c1-4-7-10-13-16-19-22-25-28-30-32-34-36-38-40-43-46-49-52-55-58-61-67(70)73-64-65(63-72-66(69)60-57-54-51-48-45-42-27-24-21-18-15-12-9-6-3)74-68(71)62-59-56-53-50-47-44-41-39-37-35-33-31-29-26-23-20-17-14-11-8-5-2/h30,32,65H,4-29,31,33-64H2,1-3H3/b32-30-. The van der Waals surface area contributed by atoms with Gasteiger partial charge < -0.3 is 14.2 Å². The maximum atomic E-state index is 12.9. The lowest BCUT2D eigenvalue weighted by Gasteiger charge is -2.18. The van der Waals surface area contributed by atoms with Gasteiger partial charge in [0.25, 0.3) is 0 Å². The van der Waals surface area contributed by atoms with Gasteiger partial charge in [-0.3, -0.25) is 14.4 Å². The molecule has 0 aliphatic rings. The molecule has 0 saturated carbocycles. The summed E-state index contributed by atoms with van der Waals surface area (Å²) in [6, 6.07) is 0. The van der Waals surface area contributed by atoms with Gasteiger partial charge in [-0.15, -0.1) is 0 Å². The zero-order valence-corrected chi connectivity index (χ0v) is 50.4. The predicted octanol–water partition coefficient (Wildman–Crippen LogP) is 22.8. The Balaban J connectivity index is 4.26. The highest BCUT2D eigenvalue weighted by atomic mass is 16.6. The van der Waals surface area contributed by atoms with Crippen LogP contribution in [0, 0.1) is 0 Å². The number of esters is 3. The van der Waals surface area contributed by atoms with Gasteiger partial charge in [0.1, 0.15) is 13.2 Å². The molecule has 74 heavy (non-hydrogen) atoms. The van der Waals surface area contributed by atoms with E-state index in [-0.39, 0.29) is 31.1 Å². The second-order valence-corrected chi connectivity index (χ2v) is 23.1. The third-order valence-corrected chi connectivity index (χ3v) is 15.5. The van der Waals surface area contributed by atoms with E-state index >= 15 is 0 Å². The molecule has 0 spiro atoms. The molecule has 0 aliphatic heterocycles. The largest absolute Gasteiger partial charge is 0.462 e. The minimum Gasteiger partial charge on any atom is -0.462 e. The first-order valence-corrected chi connectivity index (χ1v) is 33.7. The highest BCUT2D eigenvalue weighted by Crippen LogP contribution is 2.18. The molecule has 0 fully saturated rings. The number of carbonyl (C=O) groups is 3. The Kier molecular flexibility index (Phi) is 62.1. The van der Waals surface area contributed by atoms with E-state index in [1.807, 2.05) is 0 Å². The molecule has 0 aromatic heterocycles. The van der Waals surface area contributed by atoms with Crippen LogP contribution in [0.2, 0.25) is 0 Å². The number of carbonyl (C=O) groups excluding carboxylic acids is 3. The fourth-order valence-corrected chi connectivity index (χ4v) is 10.4. The molecule has 6 nitrogen and oxygen atoms in total. The second kappa shape index (κ2) is 63.7. The van der Waals surface area contributed by atoms with Crippen molar-refractivity contribution in [1.82, 2.24) is 0 Å². The average molecular weight is 1040 g/mol. The van der Waals surface area contributed by atoms with Crippen LogP contribution < -0.4 is 0 Å². The van der Waals surface area contributed by atoms with Gasteiger partial charge in [0.15, 0.2) is 6.10 Å². The Labute approximate surface area is 462 Å². The topological polar surface area (TPSA) is 78.9 Å². The van der Waals surface area contributed by atoms with Gasteiger partial charge in [-0.1, -0.05) is 335 Å². The van der Waals surface area contributed by atoms with Crippen LogP contribution in [0.1, 0.15) is 387 Å². The predicted molar refractivity (Wildman–Crippen MR) is 321 cm³/mol. The van der Waals surface area contributed by atoms with E-state index in [0.29, 0.717) is 19.3 Å². The first kappa shape index (κ1) is 72.2. The first-order valence-electron chi connectivity index (χ1n) is 33.7. The van der Waals surface area contributed by atoms with E-state index in [1.165, 1.54) is 289 Å². The lowest BCUT2D eigenvalue weighted by atomic mass is 10.0. The summed E-state index contributed by atoms with van der Waals surface area (Å²) in [6.45, 7) is 6.72. The second-order valence-electron chi connectivity index (χ2n) is 23.1. The summed E-state index contributed by atoms with van der Waals surface area (Å²) in [5.74, 6) is -0.832. The van der Waals surface area contributed by atoms with Crippen LogP contribution in [0.4, 0.5) is 0 Å². The minimum absolute atomic E-state index is 0.0637. The van der Waals surface area contributed by atoms with Crippen molar-refractivity contribution in [3.05, 3.63) is 12.2 Å². The summed E-state index contributed by atoms with van der Waals surface area (Å²) < 4.78 is 17.0. The molecule has 0 N–H and O–H groups in total. The minimum atomic E-state index is -0.766. The lowest BCUT2D eigenvalue weighted by Crippen LogP contribution is -2.30. The third kappa shape index (κ3) is 61.0. The summed E-state index contributed by atoms with van der Waals surface area (Å²) in [5, 5.41) is 0. The fraction of sp³-hybridized carbons (Fsp3) is 0.926. The van der Waals surface area contributed by atoms with E-state index in [2.05, 4.69) is 32.9 Å². The number of rotatable bonds is 63. The number of allylic oxidation sites excluding steroid dienone is 2. The molecule has 0 radical (unpaired) electrons. The van der Waals surface area contributed by atoms with E-state index in [1.54, 1.807) is 0 Å². The van der Waals surface area contributed by atoms with Crippen molar-refractivity contribution in [2.75, 3.05) is 13.2 Å². The normalized spacial score (nSPS) is 12.0. The van der Waals surface area contributed by atoms with Gasteiger partial charge >= 0.3 is 17.9 Å². The third-order valence-electron chi connectivity index (χ3n) is 15.5. The van der Waals surface area contributed by atoms with E-state index in [4.69, 9.17) is 14.2 Å². The average Bonchev–Trinajstić information content (AvgIpc) is 3.40. The van der Waals surface area contributed by atoms with Crippen molar-refractivity contribution in [2.45, 2.75) is 393 Å². The SMILES string of the molecule is CCCCCCCCCC/C=C\CCCCCCCCCCCC(=O)OCC(COC(=O)CCCCCCCCCCCCCCCC)OC(=O)CCCCCCCCCCCCCCCCCCCCCCC. The first-order chi connectivity index (χ1) is 36.5. The quantitative estimate of drug-likeness (QED) is 0.0261. The molecule has 0 bridgehead atoms. The Morgan fingerprint density at radius 1 is 0.257 bits per heavy atom. The number of ether oxygens (including phenoxy) is 3. The Morgan fingerprint density at radius 3 is 0.676 bits per heavy atom. The van der Waals surface area contributed by atoms with E-state index in [0.717, 1.165) is 57.8 Å². The molecule has 0 aromatic rings. The molecule has 0 heterocycles. The lowest BCUT2D eigenvalue weighted by molar-refractivity contribution is -0.167. The van der Waals surface area contributed by atoms with Crippen LogP contribution in [0.3, 0.4) is 0 Å². The zero-order chi connectivity index (χ0) is 53.6. The summed E-state index contributed by atoms with van der Waals surface area (Å²) in [7, 11) is 0. The highest BCUT2D eigenvalue weighted by molar-refractivity contribution is 5.71. The summed E-state index contributed by atoms with van der Waals surface area (Å²) >= 11 is 0. The fourth-order valence-electron chi connectivity index (χ4n) is 10.4. The number of hydrogen-bond acceptors (Lipinski definition) is 6. The van der Waals surface area contributed by atoms with Gasteiger partial charge in [0.05, 0.1) is 0 Å². The Bertz CT molecular complexity index is 1150. The molecule has 0 saturated heterocycles. The maximum absolute atomic E-state index is 12.9.